The molecule has 0 amide bonds. The molecule has 114 valence electrons. The van der Waals surface area contributed by atoms with Crippen LogP contribution < -0.4 is 5.32 Å². The fourth-order valence-electron chi connectivity index (χ4n) is 3.63. The van der Waals surface area contributed by atoms with Crippen molar-refractivity contribution < 1.29 is 9.15 Å². The molecule has 3 rings (SSSR count). The van der Waals surface area contributed by atoms with Gasteiger partial charge in [-0.05, 0) is 38.9 Å². The molecule has 1 aromatic heterocycles. The van der Waals surface area contributed by atoms with Gasteiger partial charge in [0.25, 0.3) is 0 Å². The average Bonchev–Trinajstić information content (AvgIpc) is 3.09. The van der Waals surface area contributed by atoms with Crippen molar-refractivity contribution in [3.8, 4) is 0 Å². The number of halogens is 1. The molecule has 1 aliphatic carbocycles. The van der Waals surface area contributed by atoms with Gasteiger partial charge >= 0.3 is 0 Å². The lowest BCUT2D eigenvalue weighted by atomic mass is 9.90. The molecular weight excluding hydrogens is 286 g/mol. The van der Waals surface area contributed by atoms with Gasteiger partial charge in [-0.3, -0.25) is 0 Å². The van der Waals surface area contributed by atoms with E-state index < -0.39 is 0 Å². The van der Waals surface area contributed by atoms with Crippen molar-refractivity contribution in [2.45, 2.75) is 44.2 Å². The number of likely N-dealkylation sites (N-methyl/N-ethyl adjacent to an activating group) is 1. The lowest BCUT2D eigenvalue weighted by molar-refractivity contribution is -0.0651. The zero-order chi connectivity index (χ0) is 14.9. The molecule has 1 atom stereocenters. The van der Waals surface area contributed by atoms with E-state index in [4.69, 9.17) is 20.8 Å². The zero-order valence-electron chi connectivity index (χ0n) is 12.6. The lowest BCUT2D eigenvalue weighted by Crippen LogP contribution is -2.42. The summed E-state index contributed by atoms with van der Waals surface area (Å²) in [5, 5.41) is 5.11. The molecule has 0 aliphatic heterocycles. The Morgan fingerprint density at radius 3 is 2.76 bits per heavy atom. The van der Waals surface area contributed by atoms with E-state index in [9.17, 15) is 0 Å². The first kappa shape index (κ1) is 14.9. The molecule has 21 heavy (non-hydrogen) atoms. The van der Waals surface area contributed by atoms with Crippen LogP contribution in [-0.2, 0) is 4.74 Å². The minimum atomic E-state index is -0.163. The van der Waals surface area contributed by atoms with Gasteiger partial charge in [-0.1, -0.05) is 36.6 Å². The lowest BCUT2D eigenvalue weighted by Gasteiger charge is -2.36. The summed E-state index contributed by atoms with van der Waals surface area (Å²) in [4.78, 5) is 0. The second-order valence-electron chi connectivity index (χ2n) is 5.73. The van der Waals surface area contributed by atoms with Crippen molar-refractivity contribution in [3.05, 3.63) is 35.0 Å². The van der Waals surface area contributed by atoms with Crippen LogP contribution >= 0.6 is 11.6 Å². The summed E-state index contributed by atoms with van der Waals surface area (Å²) in [7, 11) is 1.97. The summed E-state index contributed by atoms with van der Waals surface area (Å²) in [6.07, 6.45) is 4.55. The predicted molar refractivity (Wildman–Crippen MR) is 85.8 cm³/mol. The van der Waals surface area contributed by atoms with Crippen LogP contribution in [0, 0.1) is 0 Å². The predicted octanol–water partition coefficient (Wildman–Crippen LogP) is 4.70. The van der Waals surface area contributed by atoms with Gasteiger partial charge < -0.3 is 14.5 Å². The zero-order valence-corrected chi connectivity index (χ0v) is 13.4. The standard InChI is InChI=1S/C17H22ClNO2/c1-3-20-17(9-4-5-10-17)16(19-2)14-11-12-7-6-8-13(18)15(12)21-14/h6-8,11,16,19H,3-5,9-10H2,1-2H3. The summed E-state index contributed by atoms with van der Waals surface area (Å²) in [6, 6.07) is 7.99. The highest BCUT2D eigenvalue weighted by molar-refractivity contribution is 6.34. The second kappa shape index (κ2) is 5.99. The largest absolute Gasteiger partial charge is 0.458 e. The second-order valence-corrected chi connectivity index (χ2v) is 6.14. The minimum absolute atomic E-state index is 0.0587. The summed E-state index contributed by atoms with van der Waals surface area (Å²) in [5.74, 6) is 0.913. The summed E-state index contributed by atoms with van der Waals surface area (Å²) < 4.78 is 12.2. The van der Waals surface area contributed by atoms with Crippen LogP contribution in [0.25, 0.3) is 11.0 Å². The number of hydrogen-bond donors (Lipinski definition) is 1. The third-order valence-electron chi connectivity index (χ3n) is 4.50. The van der Waals surface area contributed by atoms with Crippen LogP contribution in [0.15, 0.2) is 28.7 Å². The molecule has 0 spiro atoms. The molecule has 1 heterocycles. The fourth-order valence-corrected chi connectivity index (χ4v) is 3.85. The Balaban J connectivity index is 2.02. The molecule has 1 N–H and O–H groups in total. The van der Waals surface area contributed by atoms with Gasteiger partial charge in [0.1, 0.15) is 5.76 Å². The number of nitrogens with one attached hydrogen (secondary N) is 1. The van der Waals surface area contributed by atoms with Gasteiger partial charge in [0.2, 0.25) is 0 Å². The summed E-state index contributed by atoms with van der Waals surface area (Å²) >= 11 is 6.23. The Labute approximate surface area is 130 Å². The van der Waals surface area contributed by atoms with Crippen LogP contribution in [0.4, 0.5) is 0 Å². The summed E-state index contributed by atoms with van der Waals surface area (Å²) in [5.41, 5.74) is 0.600. The molecular formula is C17H22ClNO2. The Morgan fingerprint density at radius 2 is 2.14 bits per heavy atom. The van der Waals surface area contributed by atoms with E-state index in [-0.39, 0.29) is 11.6 Å². The smallest absolute Gasteiger partial charge is 0.152 e. The molecule has 2 aromatic rings. The minimum Gasteiger partial charge on any atom is -0.458 e. The normalized spacial score (nSPS) is 19.2. The van der Waals surface area contributed by atoms with Crippen molar-refractivity contribution in [1.29, 1.82) is 0 Å². The number of fused-ring (bicyclic) bond motifs is 1. The number of hydrogen-bond acceptors (Lipinski definition) is 3. The maximum atomic E-state index is 6.23. The molecule has 0 radical (unpaired) electrons. The molecule has 0 bridgehead atoms. The van der Waals surface area contributed by atoms with Gasteiger partial charge in [-0.15, -0.1) is 0 Å². The number of benzene rings is 1. The van der Waals surface area contributed by atoms with Crippen molar-refractivity contribution in [2.24, 2.45) is 0 Å². The van der Waals surface area contributed by atoms with Gasteiger partial charge in [0, 0.05) is 12.0 Å². The van der Waals surface area contributed by atoms with E-state index in [1.54, 1.807) is 0 Å². The monoisotopic (exact) mass is 307 g/mol. The Hall–Kier alpha value is -1.03. The van der Waals surface area contributed by atoms with Gasteiger partial charge in [-0.25, -0.2) is 0 Å². The van der Waals surface area contributed by atoms with E-state index in [1.807, 2.05) is 25.2 Å². The number of para-hydroxylation sites is 1. The molecule has 3 nitrogen and oxygen atoms in total. The molecule has 4 heteroatoms. The highest BCUT2D eigenvalue weighted by Gasteiger charge is 2.44. The Bertz CT molecular complexity index is 616. The molecule has 1 aromatic carbocycles. The van der Waals surface area contributed by atoms with Crippen LogP contribution in [0.5, 0.6) is 0 Å². The van der Waals surface area contributed by atoms with Gasteiger partial charge in [0.15, 0.2) is 5.58 Å². The van der Waals surface area contributed by atoms with Crippen LogP contribution in [-0.4, -0.2) is 19.3 Å². The van der Waals surface area contributed by atoms with Crippen LogP contribution in [0.3, 0.4) is 0 Å². The first-order valence-electron chi connectivity index (χ1n) is 7.69. The molecule has 1 saturated carbocycles. The maximum Gasteiger partial charge on any atom is 0.152 e. The van der Waals surface area contributed by atoms with Crippen molar-refractivity contribution >= 4 is 22.6 Å². The SMILES string of the molecule is CCOC1(C(NC)c2cc3cccc(Cl)c3o2)CCCC1. The third kappa shape index (κ3) is 2.59. The number of furan rings is 1. The van der Waals surface area contributed by atoms with Crippen LogP contribution in [0.2, 0.25) is 5.02 Å². The molecule has 1 unspecified atom stereocenters. The van der Waals surface area contributed by atoms with E-state index >= 15 is 0 Å². The highest BCUT2D eigenvalue weighted by Crippen LogP contribution is 2.44. The molecule has 1 aliphatic rings. The topological polar surface area (TPSA) is 34.4 Å². The third-order valence-corrected chi connectivity index (χ3v) is 4.79. The van der Waals surface area contributed by atoms with E-state index in [1.165, 1.54) is 12.8 Å². The maximum absolute atomic E-state index is 6.23. The van der Waals surface area contributed by atoms with E-state index in [0.717, 1.165) is 36.2 Å². The fraction of sp³-hybridized carbons (Fsp3) is 0.529. The quantitative estimate of drug-likeness (QED) is 0.869. The highest BCUT2D eigenvalue weighted by atomic mass is 35.5. The number of rotatable bonds is 5. The van der Waals surface area contributed by atoms with E-state index in [2.05, 4.69) is 18.3 Å². The van der Waals surface area contributed by atoms with Crippen molar-refractivity contribution in [1.82, 2.24) is 5.32 Å². The number of ether oxygens (including phenoxy) is 1. The molecule has 1 fully saturated rings. The van der Waals surface area contributed by atoms with E-state index in [0.29, 0.717) is 5.02 Å². The molecule has 0 saturated heterocycles. The van der Waals surface area contributed by atoms with Crippen LogP contribution in [0.1, 0.15) is 44.4 Å². The van der Waals surface area contributed by atoms with Crippen molar-refractivity contribution in [3.63, 3.8) is 0 Å². The van der Waals surface area contributed by atoms with Crippen molar-refractivity contribution in [2.75, 3.05) is 13.7 Å². The first-order valence-corrected chi connectivity index (χ1v) is 8.07. The summed E-state index contributed by atoms with van der Waals surface area (Å²) in [6.45, 7) is 2.78. The Morgan fingerprint density at radius 1 is 1.38 bits per heavy atom. The van der Waals surface area contributed by atoms with Gasteiger partial charge in [-0.2, -0.15) is 0 Å². The Kier molecular flexibility index (Phi) is 4.25. The van der Waals surface area contributed by atoms with Gasteiger partial charge in [0.05, 0.1) is 16.7 Å². The average molecular weight is 308 g/mol. The first-order chi connectivity index (χ1) is 10.2.